The fraction of sp³-hybridized carbons (Fsp3) is 0.583. The van der Waals surface area contributed by atoms with Crippen LogP contribution in [0.4, 0.5) is 0 Å². The Bertz CT molecular complexity index is 402. The molecule has 0 atom stereocenters. The number of hydrogen-bond acceptors (Lipinski definition) is 4. The maximum atomic E-state index is 12.1. The van der Waals surface area contributed by atoms with Gasteiger partial charge >= 0.3 is 0 Å². The van der Waals surface area contributed by atoms with E-state index in [1.54, 1.807) is 11.3 Å². The second-order valence-corrected chi connectivity index (χ2v) is 6.94. The van der Waals surface area contributed by atoms with Crippen molar-refractivity contribution in [1.82, 2.24) is 9.80 Å². The van der Waals surface area contributed by atoms with E-state index in [2.05, 4.69) is 20.8 Å². The molecule has 1 amide bonds. The van der Waals surface area contributed by atoms with Crippen LogP contribution in [-0.4, -0.2) is 55.0 Å². The predicted molar refractivity (Wildman–Crippen MR) is 77.8 cm³/mol. The summed E-state index contributed by atoms with van der Waals surface area (Å²) in [6.45, 7) is 5.15. The van der Waals surface area contributed by atoms with E-state index in [4.69, 9.17) is 5.73 Å². The van der Waals surface area contributed by atoms with Gasteiger partial charge < -0.3 is 10.6 Å². The third kappa shape index (κ3) is 3.78. The van der Waals surface area contributed by atoms with Crippen LogP contribution in [0, 0.1) is 0 Å². The number of halogens is 1. The molecule has 1 fully saturated rings. The topological polar surface area (TPSA) is 49.6 Å². The number of nitrogens with two attached hydrogens (primary N) is 1. The molecule has 0 radical (unpaired) electrons. The van der Waals surface area contributed by atoms with Gasteiger partial charge in [0.05, 0.1) is 10.2 Å². The first-order valence-corrected chi connectivity index (χ1v) is 7.74. The largest absolute Gasteiger partial charge is 0.340 e. The van der Waals surface area contributed by atoms with E-state index in [0.717, 1.165) is 41.4 Å². The smallest absolute Gasteiger partial charge is 0.227 e. The van der Waals surface area contributed by atoms with Crippen molar-refractivity contribution in [3.63, 3.8) is 0 Å². The SMILES string of the molecule is NCCN1CCN(C(=O)Cc2ccc(Br)s2)CC1. The molecular formula is C12H18BrN3OS. The molecule has 0 aromatic carbocycles. The van der Waals surface area contributed by atoms with Crippen LogP contribution in [0.3, 0.4) is 0 Å². The summed E-state index contributed by atoms with van der Waals surface area (Å²) >= 11 is 5.05. The lowest BCUT2D eigenvalue weighted by atomic mass is 10.2. The van der Waals surface area contributed by atoms with Crippen LogP contribution in [0.2, 0.25) is 0 Å². The van der Waals surface area contributed by atoms with Crippen molar-refractivity contribution < 1.29 is 4.79 Å². The second kappa shape index (κ2) is 6.65. The fourth-order valence-corrected chi connectivity index (χ4v) is 3.59. The third-order valence-corrected chi connectivity index (χ3v) is 4.75. The maximum Gasteiger partial charge on any atom is 0.227 e. The van der Waals surface area contributed by atoms with Crippen molar-refractivity contribution in [2.75, 3.05) is 39.3 Å². The molecular weight excluding hydrogens is 314 g/mol. The Kier molecular flexibility index (Phi) is 5.17. The average molecular weight is 332 g/mol. The first-order valence-electron chi connectivity index (χ1n) is 6.13. The molecule has 1 aliphatic heterocycles. The molecule has 100 valence electrons. The number of nitrogens with zero attached hydrogens (tertiary/aromatic N) is 2. The zero-order valence-corrected chi connectivity index (χ0v) is 12.7. The molecule has 2 rings (SSSR count). The van der Waals surface area contributed by atoms with E-state index >= 15 is 0 Å². The van der Waals surface area contributed by atoms with Gasteiger partial charge in [0.2, 0.25) is 5.91 Å². The summed E-state index contributed by atoms with van der Waals surface area (Å²) in [6, 6.07) is 4.00. The predicted octanol–water partition coefficient (Wildman–Crippen LogP) is 1.16. The average Bonchev–Trinajstić information content (AvgIpc) is 2.76. The first kappa shape index (κ1) is 14.0. The molecule has 2 heterocycles. The molecule has 6 heteroatoms. The summed E-state index contributed by atoms with van der Waals surface area (Å²) in [6.07, 6.45) is 0.521. The molecule has 1 aliphatic rings. The molecule has 0 saturated carbocycles. The van der Waals surface area contributed by atoms with Gasteiger partial charge in [-0.25, -0.2) is 0 Å². The number of carbonyl (C=O) groups excluding carboxylic acids is 1. The fourth-order valence-electron chi connectivity index (χ4n) is 2.11. The monoisotopic (exact) mass is 331 g/mol. The van der Waals surface area contributed by atoms with E-state index in [1.807, 2.05) is 17.0 Å². The lowest BCUT2D eigenvalue weighted by Crippen LogP contribution is -2.50. The maximum absolute atomic E-state index is 12.1. The summed E-state index contributed by atoms with van der Waals surface area (Å²) in [5.41, 5.74) is 5.53. The number of thiophene rings is 1. The van der Waals surface area contributed by atoms with E-state index in [-0.39, 0.29) is 5.91 Å². The van der Waals surface area contributed by atoms with Crippen LogP contribution in [0.15, 0.2) is 15.9 Å². The van der Waals surface area contributed by atoms with Crippen LogP contribution in [0.5, 0.6) is 0 Å². The van der Waals surface area contributed by atoms with Crippen molar-refractivity contribution in [2.45, 2.75) is 6.42 Å². The summed E-state index contributed by atoms with van der Waals surface area (Å²) < 4.78 is 1.08. The zero-order valence-electron chi connectivity index (χ0n) is 10.3. The molecule has 0 unspecified atom stereocenters. The number of carbonyl (C=O) groups is 1. The Balaban J connectivity index is 1.80. The van der Waals surface area contributed by atoms with E-state index in [0.29, 0.717) is 13.0 Å². The molecule has 1 saturated heterocycles. The van der Waals surface area contributed by atoms with Crippen LogP contribution in [-0.2, 0) is 11.2 Å². The highest BCUT2D eigenvalue weighted by Crippen LogP contribution is 2.22. The Morgan fingerprint density at radius 1 is 1.33 bits per heavy atom. The van der Waals surface area contributed by atoms with Crippen LogP contribution in [0.25, 0.3) is 0 Å². The Labute approximate surface area is 120 Å². The van der Waals surface area contributed by atoms with Gasteiger partial charge in [-0.3, -0.25) is 9.69 Å². The van der Waals surface area contributed by atoms with E-state index in [1.165, 1.54) is 0 Å². The summed E-state index contributed by atoms with van der Waals surface area (Å²) in [5, 5.41) is 0. The molecule has 18 heavy (non-hydrogen) atoms. The van der Waals surface area contributed by atoms with Gasteiger partial charge in [-0.1, -0.05) is 0 Å². The number of rotatable bonds is 4. The zero-order chi connectivity index (χ0) is 13.0. The van der Waals surface area contributed by atoms with Gasteiger partial charge in [0.1, 0.15) is 0 Å². The highest BCUT2D eigenvalue weighted by Gasteiger charge is 2.20. The minimum Gasteiger partial charge on any atom is -0.340 e. The summed E-state index contributed by atoms with van der Waals surface area (Å²) in [5.74, 6) is 0.233. The van der Waals surface area contributed by atoms with Gasteiger partial charge in [0.15, 0.2) is 0 Å². The quantitative estimate of drug-likeness (QED) is 0.900. The molecule has 0 bridgehead atoms. The van der Waals surface area contributed by atoms with Crippen LogP contribution < -0.4 is 5.73 Å². The number of amides is 1. The standard InChI is InChI=1S/C12H18BrN3OS/c13-11-2-1-10(18-11)9-12(17)16-7-5-15(4-3-14)6-8-16/h1-2H,3-9,14H2. The first-order chi connectivity index (χ1) is 8.69. The highest BCUT2D eigenvalue weighted by molar-refractivity contribution is 9.11. The molecule has 0 spiro atoms. The van der Waals surface area contributed by atoms with Crippen molar-refractivity contribution in [1.29, 1.82) is 0 Å². The summed E-state index contributed by atoms with van der Waals surface area (Å²) in [7, 11) is 0. The van der Waals surface area contributed by atoms with Crippen LogP contribution >= 0.6 is 27.3 Å². The minimum absolute atomic E-state index is 0.233. The molecule has 0 aliphatic carbocycles. The summed E-state index contributed by atoms with van der Waals surface area (Å²) in [4.78, 5) is 17.5. The van der Waals surface area contributed by atoms with Gasteiger partial charge in [-0.2, -0.15) is 0 Å². The number of hydrogen-bond donors (Lipinski definition) is 1. The molecule has 1 aromatic heterocycles. The normalized spacial score (nSPS) is 17.1. The van der Waals surface area contributed by atoms with Gasteiger partial charge in [-0.15, -0.1) is 11.3 Å². The van der Waals surface area contributed by atoms with Crippen molar-refractivity contribution in [2.24, 2.45) is 5.73 Å². The second-order valence-electron chi connectivity index (χ2n) is 4.39. The minimum atomic E-state index is 0.233. The Hall–Kier alpha value is -0.430. The van der Waals surface area contributed by atoms with Gasteiger partial charge in [-0.05, 0) is 28.1 Å². The highest BCUT2D eigenvalue weighted by atomic mass is 79.9. The molecule has 1 aromatic rings. The van der Waals surface area contributed by atoms with Crippen molar-refractivity contribution in [3.05, 3.63) is 20.8 Å². The number of piperazine rings is 1. The molecule has 2 N–H and O–H groups in total. The van der Waals surface area contributed by atoms with Gasteiger partial charge in [0.25, 0.3) is 0 Å². The third-order valence-electron chi connectivity index (χ3n) is 3.12. The Morgan fingerprint density at radius 2 is 2.06 bits per heavy atom. The lowest BCUT2D eigenvalue weighted by molar-refractivity contribution is -0.132. The Morgan fingerprint density at radius 3 is 2.61 bits per heavy atom. The molecule has 4 nitrogen and oxygen atoms in total. The van der Waals surface area contributed by atoms with Crippen LogP contribution in [0.1, 0.15) is 4.88 Å². The van der Waals surface area contributed by atoms with Crippen molar-refractivity contribution >= 4 is 33.2 Å². The van der Waals surface area contributed by atoms with Crippen molar-refractivity contribution in [3.8, 4) is 0 Å². The van der Waals surface area contributed by atoms with E-state index in [9.17, 15) is 4.79 Å². The lowest BCUT2D eigenvalue weighted by Gasteiger charge is -2.34. The van der Waals surface area contributed by atoms with E-state index < -0.39 is 0 Å². The van der Waals surface area contributed by atoms with Gasteiger partial charge in [0, 0.05) is 44.1 Å².